The van der Waals surface area contributed by atoms with Gasteiger partial charge < -0.3 is 5.32 Å². The van der Waals surface area contributed by atoms with Gasteiger partial charge in [0.15, 0.2) is 0 Å². The van der Waals surface area contributed by atoms with Crippen LogP contribution in [0.1, 0.15) is 45.6 Å². The quantitative estimate of drug-likeness (QED) is 0.558. The fraction of sp³-hybridized carbons (Fsp3) is 0.562. The van der Waals surface area contributed by atoms with Crippen LogP contribution in [0.25, 0.3) is 0 Å². The lowest BCUT2D eigenvalue weighted by Gasteiger charge is -2.12. The Bertz CT molecular complexity index is 339. The number of rotatable bonds is 8. The van der Waals surface area contributed by atoms with E-state index >= 15 is 0 Å². The van der Waals surface area contributed by atoms with Crippen molar-refractivity contribution in [1.82, 2.24) is 10.3 Å². The van der Waals surface area contributed by atoms with Gasteiger partial charge in [-0.15, -0.1) is 0 Å². The third-order valence-electron chi connectivity index (χ3n) is 3.04. The topological polar surface area (TPSA) is 24.9 Å². The van der Waals surface area contributed by atoms with Crippen molar-refractivity contribution >= 4 is 0 Å². The van der Waals surface area contributed by atoms with E-state index in [9.17, 15) is 0 Å². The Kier molecular flexibility index (Phi) is 7.35. The zero-order valence-electron chi connectivity index (χ0n) is 11.9. The van der Waals surface area contributed by atoms with Gasteiger partial charge in [0.1, 0.15) is 0 Å². The van der Waals surface area contributed by atoms with Crippen molar-refractivity contribution in [2.45, 2.75) is 52.5 Å². The summed E-state index contributed by atoms with van der Waals surface area (Å²) in [7, 11) is 0. The van der Waals surface area contributed by atoms with E-state index in [-0.39, 0.29) is 0 Å². The maximum Gasteiger partial charge on any atom is 0.0270 e. The molecule has 0 saturated heterocycles. The van der Waals surface area contributed by atoms with Crippen LogP contribution in [0.15, 0.2) is 36.2 Å². The number of hydrogen-bond acceptors (Lipinski definition) is 2. The van der Waals surface area contributed by atoms with Crippen molar-refractivity contribution in [3.05, 3.63) is 41.7 Å². The van der Waals surface area contributed by atoms with Crippen molar-refractivity contribution in [2.75, 3.05) is 6.54 Å². The van der Waals surface area contributed by atoms with Gasteiger partial charge in [0, 0.05) is 18.4 Å². The van der Waals surface area contributed by atoms with Gasteiger partial charge in [-0.3, -0.25) is 4.98 Å². The van der Waals surface area contributed by atoms with Crippen molar-refractivity contribution in [1.29, 1.82) is 0 Å². The predicted molar refractivity (Wildman–Crippen MR) is 78.7 cm³/mol. The molecular weight excluding hydrogens is 220 g/mol. The average molecular weight is 246 g/mol. The SMILES string of the molecule is CC(C)=CCCC(C)NCCCc1ccncc1. The van der Waals surface area contributed by atoms with E-state index in [1.807, 2.05) is 12.4 Å². The lowest BCUT2D eigenvalue weighted by Crippen LogP contribution is -2.27. The van der Waals surface area contributed by atoms with Crippen molar-refractivity contribution < 1.29 is 0 Å². The first-order valence-electron chi connectivity index (χ1n) is 6.94. The molecule has 2 heteroatoms. The highest BCUT2D eigenvalue weighted by atomic mass is 14.9. The Morgan fingerprint density at radius 1 is 1.33 bits per heavy atom. The molecule has 1 heterocycles. The zero-order valence-corrected chi connectivity index (χ0v) is 11.9. The average Bonchev–Trinajstić information content (AvgIpc) is 2.35. The highest BCUT2D eigenvalue weighted by Crippen LogP contribution is 2.03. The first-order chi connectivity index (χ1) is 8.68. The Balaban J connectivity index is 2.05. The van der Waals surface area contributed by atoms with E-state index in [4.69, 9.17) is 0 Å². The maximum absolute atomic E-state index is 4.03. The number of aryl methyl sites for hydroxylation is 1. The van der Waals surface area contributed by atoms with E-state index < -0.39 is 0 Å². The molecule has 0 aliphatic heterocycles. The number of nitrogens with one attached hydrogen (secondary N) is 1. The van der Waals surface area contributed by atoms with Gasteiger partial charge in [-0.2, -0.15) is 0 Å². The van der Waals surface area contributed by atoms with E-state index in [0.717, 1.165) is 13.0 Å². The third-order valence-corrected chi connectivity index (χ3v) is 3.04. The maximum atomic E-state index is 4.03. The summed E-state index contributed by atoms with van der Waals surface area (Å²) in [6, 6.07) is 4.80. The molecule has 0 aliphatic rings. The Morgan fingerprint density at radius 2 is 2.06 bits per heavy atom. The van der Waals surface area contributed by atoms with Crippen LogP contribution in [-0.4, -0.2) is 17.6 Å². The summed E-state index contributed by atoms with van der Waals surface area (Å²) in [4.78, 5) is 4.03. The normalized spacial score (nSPS) is 12.2. The molecule has 1 aromatic heterocycles. The van der Waals surface area contributed by atoms with Crippen LogP contribution in [-0.2, 0) is 6.42 Å². The second-order valence-electron chi connectivity index (χ2n) is 5.17. The molecule has 0 saturated carbocycles. The van der Waals surface area contributed by atoms with Crippen LogP contribution >= 0.6 is 0 Å². The molecule has 0 spiro atoms. The van der Waals surface area contributed by atoms with Crippen LogP contribution in [0.3, 0.4) is 0 Å². The minimum absolute atomic E-state index is 0.609. The molecule has 0 bridgehead atoms. The van der Waals surface area contributed by atoms with Crippen LogP contribution in [0.5, 0.6) is 0 Å². The van der Waals surface area contributed by atoms with Crippen molar-refractivity contribution in [3.8, 4) is 0 Å². The molecule has 1 N–H and O–H groups in total. The molecule has 2 nitrogen and oxygen atoms in total. The Morgan fingerprint density at radius 3 is 2.72 bits per heavy atom. The summed E-state index contributed by atoms with van der Waals surface area (Å²) < 4.78 is 0. The van der Waals surface area contributed by atoms with Crippen LogP contribution in [0.2, 0.25) is 0 Å². The van der Waals surface area contributed by atoms with Gasteiger partial charge in [-0.05, 0) is 70.7 Å². The number of aromatic nitrogens is 1. The zero-order chi connectivity index (χ0) is 13.2. The lowest BCUT2D eigenvalue weighted by molar-refractivity contribution is 0.509. The number of hydrogen-bond donors (Lipinski definition) is 1. The van der Waals surface area contributed by atoms with Gasteiger partial charge in [0.05, 0.1) is 0 Å². The smallest absolute Gasteiger partial charge is 0.0270 e. The summed E-state index contributed by atoms with van der Waals surface area (Å²) in [5, 5.41) is 3.58. The number of nitrogens with zero attached hydrogens (tertiary/aromatic N) is 1. The molecule has 1 aromatic rings. The molecule has 1 unspecified atom stereocenters. The Hall–Kier alpha value is -1.15. The van der Waals surface area contributed by atoms with Gasteiger partial charge in [0.25, 0.3) is 0 Å². The third kappa shape index (κ3) is 7.23. The summed E-state index contributed by atoms with van der Waals surface area (Å²) in [6.07, 6.45) is 10.8. The van der Waals surface area contributed by atoms with Crippen molar-refractivity contribution in [3.63, 3.8) is 0 Å². The molecule has 18 heavy (non-hydrogen) atoms. The summed E-state index contributed by atoms with van der Waals surface area (Å²) >= 11 is 0. The molecular formula is C16H26N2. The van der Waals surface area contributed by atoms with Crippen LogP contribution < -0.4 is 5.32 Å². The van der Waals surface area contributed by atoms with E-state index in [0.29, 0.717) is 6.04 Å². The van der Waals surface area contributed by atoms with Crippen LogP contribution in [0, 0.1) is 0 Å². The van der Waals surface area contributed by atoms with E-state index in [1.165, 1.54) is 30.4 Å². The van der Waals surface area contributed by atoms with Gasteiger partial charge in [0.2, 0.25) is 0 Å². The van der Waals surface area contributed by atoms with Gasteiger partial charge in [-0.1, -0.05) is 11.6 Å². The van der Waals surface area contributed by atoms with Gasteiger partial charge in [-0.25, -0.2) is 0 Å². The highest BCUT2D eigenvalue weighted by molar-refractivity contribution is 5.09. The molecule has 0 aromatic carbocycles. The predicted octanol–water partition coefficient (Wildman–Crippen LogP) is 3.74. The summed E-state index contributed by atoms with van der Waals surface area (Å²) in [6.45, 7) is 7.68. The minimum atomic E-state index is 0.609. The first-order valence-corrected chi connectivity index (χ1v) is 6.94. The fourth-order valence-electron chi connectivity index (χ4n) is 1.91. The molecule has 0 radical (unpaired) electrons. The molecule has 100 valence electrons. The Labute approximate surface area is 112 Å². The number of allylic oxidation sites excluding steroid dienone is 2. The monoisotopic (exact) mass is 246 g/mol. The summed E-state index contributed by atoms with van der Waals surface area (Å²) in [5.41, 5.74) is 2.80. The second kappa shape index (κ2) is 8.87. The first kappa shape index (κ1) is 14.9. The highest BCUT2D eigenvalue weighted by Gasteiger charge is 1.99. The van der Waals surface area contributed by atoms with Gasteiger partial charge >= 0.3 is 0 Å². The van der Waals surface area contributed by atoms with Crippen molar-refractivity contribution in [2.24, 2.45) is 0 Å². The standard InChI is InChI=1S/C16H26N2/c1-14(2)6-4-7-15(3)18-11-5-8-16-9-12-17-13-10-16/h6,9-10,12-13,15,18H,4-5,7-8,11H2,1-3H3. The molecule has 0 amide bonds. The minimum Gasteiger partial charge on any atom is -0.314 e. The number of pyridine rings is 1. The molecule has 1 rings (SSSR count). The van der Waals surface area contributed by atoms with E-state index in [1.54, 1.807) is 0 Å². The fourth-order valence-corrected chi connectivity index (χ4v) is 1.91. The summed E-state index contributed by atoms with van der Waals surface area (Å²) in [5.74, 6) is 0. The molecule has 0 aliphatic carbocycles. The largest absolute Gasteiger partial charge is 0.314 e. The van der Waals surface area contributed by atoms with Crippen LogP contribution in [0.4, 0.5) is 0 Å². The van der Waals surface area contributed by atoms with E-state index in [2.05, 4.69) is 49.3 Å². The molecule has 0 fully saturated rings. The lowest BCUT2D eigenvalue weighted by atomic mass is 10.1. The second-order valence-corrected chi connectivity index (χ2v) is 5.17. The molecule has 1 atom stereocenters.